The van der Waals surface area contributed by atoms with Crippen LogP contribution in [0.2, 0.25) is 0 Å². The molecule has 0 saturated carbocycles. The Hall–Kier alpha value is -2.32. The van der Waals surface area contributed by atoms with E-state index in [1.54, 1.807) is 63.2 Å². The number of carbonyl (C=O) groups excluding carboxylic acids is 1. The van der Waals surface area contributed by atoms with Crippen molar-refractivity contribution in [1.82, 2.24) is 9.29 Å². The van der Waals surface area contributed by atoms with Crippen LogP contribution < -0.4 is 5.32 Å². The average Bonchev–Trinajstić information content (AvgIpc) is 2.98. The molecular formula is C20H21BrN2O4S. The largest absolute Gasteiger partial charge is 0.444 e. The lowest BCUT2D eigenvalue weighted by molar-refractivity contribution is 0.0524. The summed E-state index contributed by atoms with van der Waals surface area (Å²) in [5.41, 5.74) is 0.590. The topological polar surface area (TPSA) is 77.4 Å². The summed E-state index contributed by atoms with van der Waals surface area (Å²) >= 11 is 3.42. The molecule has 0 radical (unpaired) electrons. The molecule has 0 bridgehead atoms. The Morgan fingerprint density at radius 2 is 1.82 bits per heavy atom. The van der Waals surface area contributed by atoms with Crippen LogP contribution >= 0.6 is 15.9 Å². The molecule has 1 heterocycles. The van der Waals surface area contributed by atoms with Gasteiger partial charge in [0.1, 0.15) is 5.60 Å². The molecule has 0 aliphatic heterocycles. The number of amides is 1. The van der Waals surface area contributed by atoms with Crippen molar-refractivity contribution < 1.29 is 17.9 Å². The second kappa shape index (κ2) is 7.60. The van der Waals surface area contributed by atoms with Crippen molar-refractivity contribution >= 4 is 42.9 Å². The Bertz CT molecular complexity index is 1120. The molecule has 6 nitrogen and oxygen atoms in total. The molecule has 1 aromatic heterocycles. The minimum Gasteiger partial charge on any atom is -0.444 e. The monoisotopic (exact) mass is 464 g/mol. The number of fused-ring (bicyclic) bond motifs is 1. The number of nitrogens with one attached hydrogen (secondary N) is 1. The van der Waals surface area contributed by atoms with Gasteiger partial charge < -0.3 is 10.1 Å². The lowest BCUT2D eigenvalue weighted by Gasteiger charge is -2.19. The summed E-state index contributed by atoms with van der Waals surface area (Å²) in [5.74, 6) is 0. The van der Waals surface area contributed by atoms with Crippen molar-refractivity contribution in [2.45, 2.75) is 37.8 Å². The first-order chi connectivity index (χ1) is 13.1. The lowest BCUT2D eigenvalue weighted by Crippen LogP contribution is -2.32. The van der Waals surface area contributed by atoms with Gasteiger partial charge in [0.25, 0.3) is 10.0 Å². The van der Waals surface area contributed by atoms with Crippen molar-refractivity contribution in [1.29, 1.82) is 0 Å². The minimum absolute atomic E-state index is 0.138. The highest BCUT2D eigenvalue weighted by Gasteiger charge is 2.22. The summed E-state index contributed by atoms with van der Waals surface area (Å²) in [6.45, 7) is 5.48. The molecule has 148 valence electrons. The number of aromatic nitrogens is 1. The Morgan fingerprint density at radius 3 is 2.46 bits per heavy atom. The first-order valence-electron chi connectivity index (χ1n) is 8.65. The number of nitrogens with zero attached hydrogens (tertiary/aromatic N) is 1. The molecule has 0 aliphatic rings. The maximum Gasteiger partial charge on any atom is 0.407 e. The maximum absolute atomic E-state index is 13.1. The fourth-order valence-corrected chi connectivity index (χ4v) is 4.54. The SMILES string of the molecule is CC(C)(C)OC(=O)NCc1cn(S(=O)(=O)c2ccccc2)c2ccc(Br)cc12. The highest BCUT2D eigenvalue weighted by molar-refractivity contribution is 9.10. The zero-order chi connectivity index (χ0) is 20.5. The number of hydrogen-bond acceptors (Lipinski definition) is 4. The van der Waals surface area contributed by atoms with Gasteiger partial charge in [-0.15, -0.1) is 0 Å². The Morgan fingerprint density at radius 1 is 1.14 bits per heavy atom. The molecule has 3 rings (SSSR count). The van der Waals surface area contributed by atoms with Gasteiger partial charge in [-0.1, -0.05) is 34.1 Å². The lowest BCUT2D eigenvalue weighted by atomic mass is 10.2. The third kappa shape index (κ3) is 4.39. The molecule has 8 heteroatoms. The van der Waals surface area contributed by atoms with Gasteiger partial charge in [-0.25, -0.2) is 17.2 Å². The van der Waals surface area contributed by atoms with Crippen molar-refractivity contribution in [3.8, 4) is 0 Å². The van der Waals surface area contributed by atoms with E-state index < -0.39 is 21.7 Å². The fourth-order valence-electron chi connectivity index (χ4n) is 2.77. The smallest absolute Gasteiger partial charge is 0.407 e. The summed E-state index contributed by atoms with van der Waals surface area (Å²) in [6, 6.07) is 13.6. The van der Waals surface area contributed by atoms with Gasteiger partial charge in [-0.3, -0.25) is 0 Å². The number of ether oxygens (including phenoxy) is 1. The van der Waals surface area contributed by atoms with Gasteiger partial charge in [-0.2, -0.15) is 0 Å². The quantitative estimate of drug-likeness (QED) is 0.608. The molecule has 0 saturated heterocycles. The van der Waals surface area contributed by atoms with Crippen molar-refractivity contribution in [3.63, 3.8) is 0 Å². The van der Waals surface area contributed by atoms with Crippen molar-refractivity contribution in [2.75, 3.05) is 0 Å². The van der Waals surface area contributed by atoms with Gasteiger partial charge in [0.15, 0.2) is 0 Å². The number of rotatable bonds is 4. The van der Waals surface area contributed by atoms with Crippen LogP contribution in [-0.2, 0) is 21.3 Å². The predicted molar refractivity (Wildman–Crippen MR) is 112 cm³/mol. The minimum atomic E-state index is -3.77. The first-order valence-corrected chi connectivity index (χ1v) is 10.9. The molecule has 0 fully saturated rings. The fraction of sp³-hybridized carbons (Fsp3) is 0.250. The third-order valence-corrected chi connectivity index (χ3v) is 6.12. The normalized spacial score (nSPS) is 12.1. The second-order valence-electron chi connectivity index (χ2n) is 7.29. The van der Waals surface area contributed by atoms with Crippen LogP contribution in [0.4, 0.5) is 4.79 Å². The van der Waals surface area contributed by atoms with Crippen molar-refractivity contribution in [3.05, 3.63) is 64.8 Å². The van der Waals surface area contributed by atoms with Crippen LogP contribution in [0.3, 0.4) is 0 Å². The standard InChI is InChI=1S/C20H21BrN2O4S/c1-20(2,3)27-19(24)22-12-14-13-23(18-10-9-15(21)11-17(14)18)28(25,26)16-7-5-4-6-8-16/h4-11,13H,12H2,1-3H3,(H,22,24). The summed E-state index contributed by atoms with van der Waals surface area (Å²) in [4.78, 5) is 12.2. The third-order valence-electron chi connectivity index (χ3n) is 3.94. The van der Waals surface area contributed by atoms with Crippen LogP contribution in [0.1, 0.15) is 26.3 Å². The molecule has 0 atom stereocenters. The van der Waals surface area contributed by atoms with Crippen LogP contribution in [0.25, 0.3) is 10.9 Å². The van der Waals surface area contributed by atoms with Gasteiger partial charge in [0.2, 0.25) is 0 Å². The molecule has 1 amide bonds. The van der Waals surface area contributed by atoms with Gasteiger partial charge >= 0.3 is 6.09 Å². The zero-order valence-corrected chi connectivity index (χ0v) is 18.2. The highest BCUT2D eigenvalue weighted by Crippen LogP contribution is 2.28. The molecule has 2 aromatic carbocycles. The number of benzene rings is 2. The van der Waals surface area contributed by atoms with E-state index in [-0.39, 0.29) is 11.4 Å². The van der Waals surface area contributed by atoms with E-state index in [1.165, 1.54) is 10.2 Å². The second-order valence-corrected chi connectivity index (χ2v) is 10.0. The predicted octanol–water partition coefficient (Wildman–Crippen LogP) is 4.67. The molecular weight excluding hydrogens is 444 g/mol. The summed E-state index contributed by atoms with van der Waals surface area (Å²) in [6.07, 6.45) is 0.978. The number of halogens is 1. The Kier molecular flexibility index (Phi) is 5.54. The van der Waals surface area contributed by atoms with E-state index in [0.29, 0.717) is 11.1 Å². The highest BCUT2D eigenvalue weighted by atomic mass is 79.9. The van der Waals surface area contributed by atoms with E-state index >= 15 is 0 Å². The zero-order valence-electron chi connectivity index (χ0n) is 15.8. The molecule has 3 aromatic rings. The van der Waals surface area contributed by atoms with Gasteiger partial charge in [0.05, 0.1) is 10.4 Å². The molecule has 0 aliphatic carbocycles. The van der Waals surface area contributed by atoms with Crippen LogP contribution in [0, 0.1) is 0 Å². The molecule has 0 spiro atoms. The van der Waals surface area contributed by atoms with Gasteiger partial charge in [-0.05, 0) is 56.7 Å². The number of carbonyl (C=O) groups is 1. The van der Waals surface area contributed by atoms with Crippen molar-refractivity contribution in [2.24, 2.45) is 0 Å². The van der Waals surface area contributed by atoms with Crippen LogP contribution in [0.15, 0.2) is 64.1 Å². The Labute approximate surface area is 172 Å². The van der Waals surface area contributed by atoms with E-state index in [1.807, 2.05) is 6.07 Å². The van der Waals surface area contributed by atoms with E-state index in [9.17, 15) is 13.2 Å². The number of hydrogen-bond donors (Lipinski definition) is 1. The maximum atomic E-state index is 13.1. The number of alkyl carbamates (subject to hydrolysis) is 1. The summed E-state index contributed by atoms with van der Waals surface area (Å²) < 4.78 is 33.5. The molecule has 0 unspecified atom stereocenters. The summed E-state index contributed by atoms with van der Waals surface area (Å²) in [5, 5.41) is 3.41. The van der Waals surface area contributed by atoms with E-state index in [0.717, 1.165) is 9.86 Å². The van der Waals surface area contributed by atoms with Crippen LogP contribution in [0.5, 0.6) is 0 Å². The molecule has 28 heavy (non-hydrogen) atoms. The molecule has 1 N–H and O–H groups in total. The van der Waals surface area contributed by atoms with E-state index in [2.05, 4.69) is 21.2 Å². The summed E-state index contributed by atoms with van der Waals surface area (Å²) in [7, 11) is -3.77. The van der Waals surface area contributed by atoms with Crippen LogP contribution in [-0.4, -0.2) is 24.1 Å². The average molecular weight is 465 g/mol. The first kappa shape index (κ1) is 20.4. The Balaban J connectivity index is 2.01. The van der Waals surface area contributed by atoms with E-state index in [4.69, 9.17) is 4.74 Å². The van der Waals surface area contributed by atoms with Gasteiger partial charge in [0, 0.05) is 22.6 Å².